The van der Waals surface area contributed by atoms with Gasteiger partial charge in [0.1, 0.15) is 0 Å². The molecule has 1 aromatic heterocycles. The van der Waals surface area contributed by atoms with E-state index in [1.807, 2.05) is 17.9 Å². The van der Waals surface area contributed by atoms with Crippen molar-refractivity contribution in [2.75, 3.05) is 32.7 Å². The SMILES string of the molecule is Cn1ncc2c1CCCC2NC(=O)CN1CCCNCC1. The van der Waals surface area contributed by atoms with E-state index in [1.54, 1.807) is 0 Å². The lowest BCUT2D eigenvalue weighted by Crippen LogP contribution is -2.40. The molecule has 6 heteroatoms. The van der Waals surface area contributed by atoms with Crippen LogP contribution in [-0.2, 0) is 18.3 Å². The van der Waals surface area contributed by atoms with Gasteiger partial charge in [0, 0.05) is 31.4 Å². The van der Waals surface area contributed by atoms with Crippen molar-refractivity contribution in [3.63, 3.8) is 0 Å². The van der Waals surface area contributed by atoms with Crippen LogP contribution in [-0.4, -0.2) is 53.3 Å². The van der Waals surface area contributed by atoms with Crippen molar-refractivity contribution in [2.45, 2.75) is 31.7 Å². The van der Waals surface area contributed by atoms with Gasteiger partial charge in [-0.2, -0.15) is 5.10 Å². The van der Waals surface area contributed by atoms with Crippen LogP contribution in [0.3, 0.4) is 0 Å². The van der Waals surface area contributed by atoms with E-state index in [-0.39, 0.29) is 11.9 Å². The molecule has 1 aromatic rings. The van der Waals surface area contributed by atoms with Gasteiger partial charge in [-0.15, -0.1) is 0 Å². The minimum absolute atomic E-state index is 0.138. The summed E-state index contributed by atoms with van der Waals surface area (Å²) in [6.07, 6.45) is 6.23. The summed E-state index contributed by atoms with van der Waals surface area (Å²) in [7, 11) is 1.98. The Morgan fingerprint density at radius 3 is 3.24 bits per heavy atom. The Morgan fingerprint density at radius 1 is 1.43 bits per heavy atom. The van der Waals surface area contributed by atoms with Gasteiger partial charge < -0.3 is 10.6 Å². The van der Waals surface area contributed by atoms with Crippen molar-refractivity contribution in [3.05, 3.63) is 17.5 Å². The molecule has 1 saturated heterocycles. The first-order valence-corrected chi connectivity index (χ1v) is 7.97. The predicted octanol–water partition coefficient (Wildman–Crippen LogP) is 0.209. The van der Waals surface area contributed by atoms with Crippen molar-refractivity contribution < 1.29 is 4.79 Å². The lowest BCUT2D eigenvalue weighted by Gasteiger charge is -2.25. The van der Waals surface area contributed by atoms with Gasteiger partial charge in [-0.05, 0) is 38.8 Å². The lowest BCUT2D eigenvalue weighted by atomic mass is 9.93. The number of amides is 1. The molecule has 1 aliphatic carbocycles. The number of hydrogen-bond donors (Lipinski definition) is 2. The van der Waals surface area contributed by atoms with E-state index >= 15 is 0 Å². The second-order valence-electron chi connectivity index (χ2n) is 6.06. The van der Waals surface area contributed by atoms with E-state index in [1.165, 1.54) is 11.3 Å². The molecule has 2 aliphatic rings. The van der Waals surface area contributed by atoms with Gasteiger partial charge in [-0.1, -0.05) is 0 Å². The Morgan fingerprint density at radius 2 is 2.33 bits per heavy atom. The normalized spacial score (nSPS) is 23.4. The number of aromatic nitrogens is 2. The average Bonchev–Trinajstić information content (AvgIpc) is 2.69. The number of nitrogens with zero attached hydrogens (tertiary/aromatic N) is 3. The first-order valence-electron chi connectivity index (χ1n) is 7.97. The highest BCUT2D eigenvalue weighted by Crippen LogP contribution is 2.28. The van der Waals surface area contributed by atoms with E-state index in [0.717, 1.165) is 51.9 Å². The third-order valence-electron chi connectivity index (χ3n) is 4.51. The van der Waals surface area contributed by atoms with Crippen molar-refractivity contribution >= 4 is 5.91 Å². The summed E-state index contributed by atoms with van der Waals surface area (Å²) in [5, 5.41) is 10.9. The zero-order valence-corrected chi connectivity index (χ0v) is 12.8. The fourth-order valence-corrected chi connectivity index (χ4v) is 3.36. The molecule has 0 aromatic carbocycles. The maximum absolute atomic E-state index is 12.3. The molecule has 1 amide bonds. The molecule has 116 valence electrons. The smallest absolute Gasteiger partial charge is 0.234 e. The predicted molar refractivity (Wildman–Crippen MR) is 81.0 cm³/mol. The third-order valence-corrected chi connectivity index (χ3v) is 4.51. The Bertz CT molecular complexity index is 490. The molecule has 2 heterocycles. The zero-order valence-electron chi connectivity index (χ0n) is 12.8. The monoisotopic (exact) mass is 291 g/mol. The van der Waals surface area contributed by atoms with Gasteiger partial charge >= 0.3 is 0 Å². The molecule has 21 heavy (non-hydrogen) atoms. The Balaban J connectivity index is 1.57. The first kappa shape index (κ1) is 14.5. The van der Waals surface area contributed by atoms with Crippen LogP contribution >= 0.6 is 0 Å². The minimum Gasteiger partial charge on any atom is -0.348 e. The molecule has 1 aliphatic heterocycles. The molecule has 2 N–H and O–H groups in total. The highest BCUT2D eigenvalue weighted by molar-refractivity contribution is 5.78. The van der Waals surface area contributed by atoms with Crippen LogP contribution in [0.1, 0.15) is 36.6 Å². The molecule has 1 fully saturated rings. The Hall–Kier alpha value is -1.40. The molecule has 3 rings (SSSR count). The second-order valence-corrected chi connectivity index (χ2v) is 6.06. The van der Waals surface area contributed by atoms with Gasteiger partial charge in [-0.3, -0.25) is 14.4 Å². The van der Waals surface area contributed by atoms with Gasteiger partial charge in [0.05, 0.1) is 18.8 Å². The van der Waals surface area contributed by atoms with Crippen molar-refractivity contribution in [1.29, 1.82) is 0 Å². The first-order chi connectivity index (χ1) is 10.2. The number of carbonyl (C=O) groups is 1. The van der Waals surface area contributed by atoms with Crippen molar-refractivity contribution in [3.8, 4) is 0 Å². The number of nitrogens with one attached hydrogen (secondary N) is 2. The third kappa shape index (κ3) is 3.44. The fourth-order valence-electron chi connectivity index (χ4n) is 3.36. The van der Waals surface area contributed by atoms with E-state index in [2.05, 4.69) is 20.6 Å². The van der Waals surface area contributed by atoms with Crippen molar-refractivity contribution in [1.82, 2.24) is 25.3 Å². The summed E-state index contributed by atoms with van der Waals surface area (Å²) in [6, 6.07) is 0.139. The topological polar surface area (TPSA) is 62.2 Å². The minimum atomic E-state index is 0.138. The largest absolute Gasteiger partial charge is 0.348 e. The molecule has 0 radical (unpaired) electrons. The molecule has 0 spiro atoms. The van der Waals surface area contributed by atoms with Crippen molar-refractivity contribution in [2.24, 2.45) is 7.05 Å². The molecule has 1 atom stereocenters. The summed E-state index contributed by atoms with van der Waals surface area (Å²) < 4.78 is 1.94. The molecule has 0 bridgehead atoms. The summed E-state index contributed by atoms with van der Waals surface area (Å²) in [4.78, 5) is 14.5. The van der Waals surface area contributed by atoms with E-state index < -0.39 is 0 Å². The summed E-state index contributed by atoms with van der Waals surface area (Å²) >= 11 is 0. The standard InChI is InChI=1S/C15H25N5O/c1-19-14-5-2-4-13(12(14)10-17-19)18-15(21)11-20-8-3-6-16-7-9-20/h10,13,16H,2-9,11H2,1H3,(H,18,21). The van der Waals surface area contributed by atoms with E-state index in [9.17, 15) is 4.79 Å². The number of fused-ring (bicyclic) bond motifs is 1. The van der Waals surface area contributed by atoms with Crippen LogP contribution in [0, 0.1) is 0 Å². The van der Waals surface area contributed by atoms with E-state index in [4.69, 9.17) is 0 Å². The highest BCUT2D eigenvalue weighted by atomic mass is 16.2. The molecule has 0 saturated carbocycles. The molecular weight excluding hydrogens is 266 g/mol. The van der Waals surface area contributed by atoms with E-state index in [0.29, 0.717) is 6.54 Å². The maximum Gasteiger partial charge on any atom is 0.234 e. The van der Waals surface area contributed by atoms with Crippen LogP contribution in [0.2, 0.25) is 0 Å². The van der Waals surface area contributed by atoms with Crippen LogP contribution < -0.4 is 10.6 Å². The molecule has 1 unspecified atom stereocenters. The zero-order chi connectivity index (χ0) is 14.7. The molecule has 6 nitrogen and oxygen atoms in total. The summed E-state index contributed by atoms with van der Waals surface area (Å²) in [5.41, 5.74) is 2.47. The van der Waals surface area contributed by atoms with Crippen LogP contribution in [0.25, 0.3) is 0 Å². The van der Waals surface area contributed by atoms with Gasteiger partial charge in [0.25, 0.3) is 0 Å². The highest BCUT2D eigenvalue weighted by Gasteiger charge is 2.25. The Kier molecular flexibility index (Phi) is 4.55. The quantitative estimate of drug-likeness (QED) is 0.836. The maximum atomic E-state index is 12.3. The van der Waals surface area contributed by atoms with Gasteiger partial charge in [0.2, 0.25) is 5.91 Å². The van der Waals surface area contributed by atoms with Gasteiger partial charge in [0.15, 0.2) is 0 Å². The van der Waals surface area contributed by atoms with Crippen LogP contribution in [0.5, 0.6) is 0 Å². The number of carbonyl (C=O) groups excluding carboxylic acids is 1. The lowest BCUT2D eigenvalue weighted by molar-refractivity contribution is -0.123. The molecular formula is C15H25N5O. The summed E-state index contributed by atoms with van der Waals surface area (Å²) in [6.45, 7) is 4.50. The van der Waals surface area contributed by atoms with Gasteiger partial charge in [-0.25, -0.2) is 0 Å². The summed E-state index contributed by atoms with van der Waals surface area (Å²) in [5.74, 6) is 0.138. The number of aryl methyl sites for hydroxylation is 1. The average molecular weight is 291 g/mol. The Labute approximate surface area is 125 Å². The number of hydrogen-bond acceptors (Lipinski definition) is 4. The van der Waals surface area contributed by atoms with Crippen LogP contribution in [0.15, 0.2) is 6.20 Å². The fraction of sp³-hybridized carbons (Fsp3) is 0.733. The number of rotatable bonds is 3. The van der Waals surface area contributed by atoms with Crippen LogP contribution in [0.4, 0.5) is 0 Å². The second kappa shape index (κ2) is 6.58.